The van der Waals surface area contributed by atoms with Crippen molar-refractivity contribution in [3.63, 3.8) is 0 Å². The molecule has 2 aliphatic carbocycles. The van der Waals surface area contributed by atoms with E-state index in [-0.39, 0.29) is 11.9 Å². The third kappa shape index (κ3) is 5.08. The van der Waals surface area contributed by atoms with Gasteiger partial charge in [0.05, 0.1) is 0 Å². The number of rotatable bonds is 6. The molecule has 0 saturated heterocycles. The van der Waals surface area contributed by atoms with Crippen LogP contribution < -0.4 is 11.1 Å². The summed E-state index contributed by atoms with van der Waals surface area (Å²) in [4.78, 5) is 12.1. The minimum Gasteiger partial charge on any atom is -0.352 e. The monoisotopic (exact) mass is 280 g/mol. The molecular weight excluding hydrogens is 248 g/mol. The molecule has 0 radical (unpaired) electrons. The fourth-order valence-corrected chi connectivity index (χ4v) is 4.00. The lowest BCUT2D eigenvalue weighted by Crippen LogP contribution is -2.45. The summed E-state index contributed by atoms with van der Waals surface area (Å²) < 4.78 is 0. The summed E-state index contributed by atoms with van der Waals surface area (Å²) in [7, 11) is 0. The number of nitrogens with one attached hydrogen (secondary N) is 1. The van der Waals surface area contributed by atoms with E-state index < -0.39 is 0 Å². The molecule has 1 atom stereocenters. The Hall–Kier alpha value is -0.570. The highest BCUT2D eigenvalue weighted by Gasteiger charge is 2.24. The van der Waals surface area contributed by atoms with Gasteiger partial charge in [0.15, 0.2) is 0 Å². The Morgan fingerprint density at radius 3 is 2.20 bits per heavy atom. The average molecular weight is 280 g/mol. The number of hydrogen-bond donors (Lipinski definition) is 2. The lowest BCUT2D eigenvalue weighted by Gasteiger charge is -2.30. The van der Waals surface area contributed by atoms with Crippen LogP contribution in [0.1, 0.15) is 77.0 Å². The van der Waals surface area contributed by atoms with Crippen molar-refractivity contribution in [2.45, 2.75) is 83.1 Å². The van der Waals surface area contributed by atoms with Gasteiger partial charge in [-0.2, -0.15) is 0 Å². The first kappa shape index (κ1) is 15.8. The van der Waals surface area contributed by atoms with Crippen LogP contribution in [0, 0.1) is 11.8 Å². The van der Waals surface area contributed by atoms with Crippen LogP contribution in [-0.2, 0) is 4.79 Å². The second-order valence-electron chi connectivity index (χ2n) is 6.85. The van der Waals surface area contributed by atoms with Gasteiger partial charge in [0.25, 0.3) is 0 Å². The Labute approximate surface area is 124 Å². The first-order valence-corrected chi connectivity index (χ1v) is 8.79. The molecule has 20 heavy (non-hydrogen) atoms. The van der Waals surface area contributed by atoms with Crippen molar-refractivity contribution in [2.75, 3.05) is 6.54 Å². The highest BCUT2D eigenvalue weighted by atomic mass is 16.1. The molecule has 116 valence electrons. The Morgan fingerprint density at radius 2 is 1.60 bits per heavy atom. The molecule has 0 aromatic rings. The van der Waals surface area contributed by atoms with Crippen LogP contribution in [0.5, 0.6) is 0 Å². The lowest BCUT2D eigenvalue weighted by molar-refractivity contribution is -0.122. The summed E-state index contributed by atoms with van der Waals surface area (Å²) in [6.45, 7) is 0.597. The number of nitrogens with two attached hydrogens (primary N) is 1. The quantitative estimate of drug-likeness (QED) is 0.783. The minimum absolute atomic E-state index is 0.217. The fourth-order valence-electron chi connectivity index (χ4n) is 4.00. The molecule has 0 heterocycles. The van der Waals surface area contributed by atoms with Crippen LogP contribution in [0.2, 0.25) is 0 Å². The molecule has 2 fully saturated rings. The van der Waals surface area contributed by atoms with Crippen LogP contribution in [0.4, 0.5) is 0 Å². The van der Waals surface area contributed by atoms with E-state index in [1.54, 1.807) is 0 Å². The predicted octanol–water partition coefficient (Wildman–Crippen LogP) is 3.37. The second-order valence-corrected chi connectivity index (χ2v) is 6.85. The summed E-state index contributed by atoms with van der Waals surface area (Å²) in [5, 5.41) is 3.21. The van der Waals surface area contributed by atoms with Gasteiger partial charge >= 0.3 is 0 Å². The summed E-state index contributed by atoms with van der Waals surface area (Å²) >= 11 is 0. The third-order valence-corrected chi connectivity index (χ3v) is 5.32. The molecule has 0 aliphatic heterocycles. The van der Waals surface area contributed by atoms with E-state index in [0.29, 0.717) is 18.9 Å². The molecule has 3 heteroatoms. The Morgan fingerprint density at radius 1 is 1.00 bits per heavy atom. The molecule has 0 bridgehead atoms. The maximum atomic E-state index is 12.1. The van der Waals surface area contributed by atoms with Crippen molar-refractivity contribution < 1.29 is 4.79 Å². The van der Waals surface area contributed by atoms with Gasteiger partial charge in [-0.3, -0.25) is 4.79 Å². The zero-order valence-electron chi connectivity index (χ0n) is 12.9. The average Bonchev–Trinajstić information content (AvgIpc) is 2.52. The Balaban J connectivity index is 1.68. The van der Waals surface area contributed by atoms with E-state index in [2.05, 4.69) is 5.32 Å². The van der Waals surface area contributed by atoms with Crippen LogP contribution in [0.3, 0.4) is 0 Å². The van der Waals surface area contributed by atoms with E-state index in [9.17, 15) is 4.79 Å². The summed E-state index contributed by atoms with van der Waals surface area (Å²) in [5.41, 5.74) is 5.88. The van der Waals surface area contributed by atoms with Crippen molar-refractivity contribution >= 4 is 5.91 Å². The van der Waals surface area contributed by atoms with Crippen molar-refractivity contribution in [3.05, 3.63) is 0 Å². The molecule has 0 spiro atoms. The largest absolute Gasteiger partial charge is 0.352 e. The smallest absolute Gasteiger partial charge is 0.220 e. The van der Waals surface area contributed by atoms with Crippen molar-refractivity contribution in [2.24, 2.45) is 17.6 Å². The number of carbonyl (C=O) groups excluding carboxylic acids is 1. The molecule has 1 amide bonds. The molecule has 0 aromatic heterocycles. The molecule has 2 aliphatic rings. The summed E-state index contributed by atoms with van der Waals surface area (Å²) in [6.07, 6.45) is 15.0. The number of hydrogen-bond acceptors (Lipinski definition) is 2. The zero-order chi connectivity index (χ0) is 14.2. The normalized spacial score (nSPS) is 23.4. The van der Waals surface area contributed by atoms with Gasteiger partial charge < -0.3 is 11.1 Å². The summed E-state index contributed by atoms with van der Waals surface area (Å²) in [6, 6.07) is 0.217. The topological polar surface area (TPSA) is 55.1 Å². The number of amides is 1. The zero-order valence-corrected chi connectivity index (χ0v) is 12.9. The van der Waals surface area contributed by atoms with Gasteiger partial charge in [0, 0.05) is 19.0 Å². The van der Waals surface area contributed by atoms with Gasteiger partial charge in [0.2, 0.25) is 5.91 Å². The fraction of sp³-hybridized carbons (Fsp3) is 0.941. The molecule has 0 aromatic carbocycles. The van der Waals surface area contributed by atoms with Gasteiger partial charge in [-0.05, 0) is 31.1 Å². The standard InChI is InChI=1S/C17H32N2O/c18-13-16(15-9-5-2-6-10-15)19-17(20)12-11-14-7-3-1-4-8-14/h14-16H,1-13,18H2,(H,19,20). The first-order valence-electron chi connectivity index (χ1n) is 8.79. The highest BCUT2D eigenvalue weighted by Crippen LogP contribution is 2.28. The summed E-state index contributed by atoms with van der Waals surface area (Å²) in [5.74, 6) is 1.64. The van der Waals surface area contributed by atoms with E-state index in [0.717, 1.165) is 12.3 Å². The van der Waals surface area contributed by atoms with Crippen molar-refractivity contribution in [1.82, 2.24) is 5.32 Å². The third-order valence-electron chi connectivity index (χ3n) is 5.32. The maximum Gasteiger partial charge on any atom is 0.220 e. The predicted molar refractivity (Wildman–Crippen MR) is 83.4 cm³/mol. The van der Waals surface area contributed by atoms with Gasteiger partial charge in [-0.25, -0.2) is 0 Å². The first-order chi connectivity index (χ1) is 9.79. The Bertz CT molecular complexity index is 281. The van der Waals surface area contributed by atoms with E-state index in [4.69, 9.17) is 5.73 Å². The van der Waals surface area contributed by atoms with E-state index in [1.165, 1.54) is 64.2 Å². The van der Waals surface area contributed by atoms with Crippen LogP contribution in [-0.4, -0.2) is 18.5 Å². The van der Waals surface area contributed by atoms with Crippen molar-refractivity contribution in [1.29, 1.82) is 0 Å². The molecule has 3 nitrogen and oxygen atoms in total. The number of carbonyl (C=O) groups is 1. The highest BCUT2D eigenvalue weighted by molar-refractivity contribution is 5.76. The molecule has 3 N–H and O–H groups in total. The molecule has 1 unspecified atom stereocenters. The second kappa shape index (κ2) is 8.66. The maximum absolute atomic E-state index is 12.1. The molecule has 2 saturated carbocycles. The van der Waals surface area contributed by atoms with Gasteiger partial charge in [-0.1, -0.05) is 51.4 Å². The molecular formula is C17H32N2O. The lowest BCUT2D eigenvalue weighted by atomic mass is 9.83. The van der Waals surface area contributed by atoms with Crippen LogP contribution >= 0.6 is 0 Å². The van der Waals surface area contributed by atoms with Crippen LogP contribution in [0.25, 0.3) is 0 Å². The van der Waals surface area contributed by atoms with Gasteiger partial charge in [-0.15, -0.1) is 0 Å². The van der Waals surface area contributed by atoms with Gasteiger partial charge in [0.1, 0.15) is 0 Å². The van der Waals surface area contributed by atoms with Crippen LogP contribution in [0.15, 0.2) is 0 Å². The van der Waals surface area contributed by atoms with Crippen molar-refractivity contribution in [3.8, 4) is 0 Å². The SMILES string of the molecule is NCC(NC(=O)CCC1CCCCC1)C1CCCCC1. The molecule has 2 rings (SSSR count). The Kier molecular flexibility index (Phi) is 6.85. The van der Waals surface area contributed by atoms with E-state index >= 15 is 0 Å². The van der Waals surface area contributed by atoms with E-state index in [1.807, 2.05) is 0 Å². The minimum atomic E-state index is 0.217.